The first-order valence-corrected chi connectivity index (χ1v) is 8.83. The quantitative estimate of drug-likeness (QED) is 0.777. The lowest BCUT2D eigenvalue weighted by Gasteiger charge is -2.31. The summed E-state index contributed by atoms with van der Waals surface area (Å²) in [5.74, 6) is -0.0300. The highest BCUT2D eigenvalue weighted by Crippen LogP contribution is 2.47. The standard InChI is InChI=1S/C21H22N2O3/c1-21(2,3)26-20(25)23-17(14-9-5-4-6-10-14)13-22-18(23)15-11-7-8-12-16(15)19(22)24/h4-12,17-18H,13H2,1-3H3/t17-,18?/m0/s1. The molecule has 1 saturated heterocycles. The van der Waals surface area contributed by atoms with Crippen molar-refractivity contribution in [3.63, 3.8) is 0 Å². The molecule has 0 aliphatic carbocycles. The van der Waals surface area contributed by atoms with Gasteiger partial charge in [-0.05, 0) is 32.4 Å². The summed E-state index contributed by atoms with van der Waals surface area (Å²) < 4.78 is 5.68. The molecule has 1 unspecified atom stereocenters. The average Bonchev–Trinajstić information content (AvgIpc) is 3.12. The van der Waals surface area contributed by atoms with Gasteiger partial charge >= 0.3 is 6.09 Å². The molecule has 0 bridgehead atoms. The highest BCUT2D eigenvalue weighted by molar-refractivity contribution is 6.00. The van der Waals surface area contributed by atoms with Crippen molar-refractivity contribution >= 4 is 12.0 Å². The molecule has 1 fully saturated rings. The summed E-state index contributed by atoms with van der Waals surface area (Å²) in [6, 6.07) is 17.1. The van der Waals surface area contributed by atoms with Crippen LogP contribution >= 0.6 is 0 Å². The molecular weight excluding hydrogens is 328 g/mol. The van der Waals surface area contributed by atoms with E-state index in [4.69, 9.17) is 4.74 Å². The zero-order valence-corrected chi connectivity index (χ0v) is 15.2. The van der Waals surface area contributed by atoms with Crippen LogP contribution < -0.4 is 0 Å². The van der Waals surface area contributed by atoms with Crippen molar-refractivity contribution in [2.45, 2.75) is 38.6 Å². The third-order valence-electron chi connectivity index (χ3n) is 4.78. The van der Waals surface area contributed by atoms with Gasteiger partial charge in [0.2, 0.25) is 0 Å². The van der Waals surface area contributed by atoms with E-state index >= 15 is 0 Å². The first kappa shape index (κ1) is 16.6. The van der Waals surface area contributed by atoms with Crippen molar-refractivity contribution < 1.29 is 14.3 Å². The Hall–Kier alpha value is -2.82. The summed E-state index contributed by atoms with van der Waals surface area (Å²) in [5, 5.41) is 0. The number of ether oxygens (including phenoxy) is 1. The van der Waals surface area contributed by atoms with Gasteiger partial charge in [-0.25, -0.2) is 4.79 Å². The number of fused-ring (bicyclic) bond motifs is 3. The van der Waals surface area contributed by atoms with Crippen molar-refractivity contribution in [3.05, 3.63) is 71.3 Å². The maximum atomic E-state index is 13.1. The van der Waals surface area contributed by atoms with E-state index in [0.29, 0.717) is 12.1 Å². The molecule has 2 aliphatic heterocycles. The van der Waals surface area contributed by atoms with Gasteiger partial charge in [0.25, 0.3) is 5.91 Å². The molecule has 2 aromatic rings. The van der Waals surface area contributed by atoms with E-state index in [0.717, 1.165) is 11.1 Å². The number of amides is 2. The second-order valence-corrected chi connectivity index (χ2v) is 7.73. The Balaban J connectivity index is 1.79. The first-order valence-electron chi connectivity index (χ1n) is 8.83. The van der Waals surface area contributed by atoms with Gasteiger partial charge in [0, 0.05) is 17.7 Å². The largest absolute Gasteiger partial charge is 0.444 e. The summed E-state index contributed by atoms with van der Waals surface area (Å²) in [6.45, 7) is 6.01. The number of hydrogen-bond acceptors (Lipinski definition) is 3. The molecule has 5 nitrogen and oxygen atoms in total. The predicted octanol–water partition coefficient (Wildman–Crippen LogP) is 4.13. The van der Waals surface area contributed by atoms with Gasteiger partial charge in [-0.1, -0.05) is 48.5 Å². The zero-order valence-electron chi connectivity index (χ0n) is 15.2. The van der Waals surface area contributed by atoms with Crippen LogP contribution in [-0.4, -0.2) is 33.9 Å². The zero-order chi connectivity index (χ0) is 18.5. The average molecular weight is 350 g/mol. The lowest BCUT2D eigenvalue weighted by atomic mass is 10.0. The van der Waals surface area contributed by atoms with Crippen LogP contribution in [0.1, 0.15) is 54.5 Å². The van der Waals surface area contributed by atoms with Crippen molar-refractivity contribution in [2.24, 2.45) is 0 Å². The molecule has 2 amide bonds. The fourth-order valence-corrected chi connectivity index (χ4v) is 3.76. The molecule has 4 rings (SSSR count). The van der Waals surface area contributed by atoms with E-state index in [2.05, 4.69) is 0 Å². The van der Waals surface area contributed by atoms with Gasteiger partial charge in [0.15, 0.2) is 0 Å². The van der Waals surface area contributed by atoms with E-state index in [1.54, 1.807) is 9.80 Å². The highest BCUT2D eigenvalue weighted by Gasteiger charge is 2.52. The van der Waals surface area contributed by atoms with Gasteiger partial charge in [0.05, 0.1) is 6.04 Å². The predicted molar refractivity (Wildman–Crippen MR) is 97.5 cm³/mol. The Bertz CT molecular complexity index is 857. The molecule has 0 saturated carbocycles. The first-order chi connectivity index (χ1) is 12.4. The maximum Gasteiger partial charge on any atom is 0.412 e. The maximum absolute atomic E-state index is 13.1. The van der Waals surface area contributed by atoms with E-state index in [1.807, 2.05) is 75.4 Å². The summed E-state index contributed by atoms with van der Waals surface area (Å²) in [7, 11) is 0. The second kappa shape index (κ2) is 5.87. The molecule has 0 aromatic heterocycles. The van der Waals surface area contributed by atoms with E-state index in [-0.39, 0.29) is 11.9 Å². The number of rotatable bonds is 1. The Morgan fingerprint density at radius 3 is 2.38 bits per heavy atom. The molecule has 2 heterocycles. The summed E-state index contributed by atoms with van der Waals surface area (Å²) in [5.41, 5.74) is 1.92. The number of carbonyl (C=O) groups is 2. The van der Waals surface area contributed by atoms with Crippen LogP contribution in [0.3, 0.4) is 0 Å². The lowest BCUT2D eigenvalue weighted by Crippen LogP contribution is -2.39. The summed E-state index contributed by atoms with van der Waals surface area (Å²) in [6.07, 6.45) is -0.817. The molecule has 2 aromatic carbocycles. The normalized spacial score (nSPS) is 21.6. The smallest absolute Gasteiger partial charge is 0.412 e. The van der Waals surface area contributed by atoms with Crippen LogP contribution in [0.4, 0.5) is 4.79 Å². The van der Waals surface area contributed by atoms with Crippen LogP contribution in [0.15, 0.2) is 54.6 Å². The fraction of sp³-hybridized carbons (Fsp3) is 0.333. The fourth-order valence-electron chi connectivity index (χ4n) is 3.76. The van der Waals surface area contributed by atoms with Crippen molar-refractivity contribution in [1.29, 1.82) is 0 Å². The van der Waals surface area contributed by atoms with Crippen molar-refractivity contribution in [1.82, 2.24) is 9.80 Å². The van der Waals surface area contributed by atoms with Crippen LogP contribution in [0, 0.1) is 0 Å². The Kier molecular flexibility index (Phi) is 3.75. The monoisotopic (exact) mass is 350 g/mol. The summed E-state index contributed by atoms with van der Waals surface area (Å²) in [4.78, 5) is 29.4. The number of hydrogen-bond donors (Lipinski definition) is 0. The second-order valence-electron chi connectivity index (χ2n) is 7.73. The molecular formula is C21H22N2O3. The number of carbonyl (C=O) groups excluding carboxylic acids is 2. The molecule has 0 radical (unpaired) electrons. The minimum Gasteiger partial charge on any atom is -0.444 e. The lowest BCUT2D eigenvalue weighted by molar-refractivity contribution is 0.00870. The van der Waals surface area contributed by atoms with Gasteiger partial charge in [-0.2, -0.15) is 0 Å². The van der Waals surface area contributed by atoms with Gasteiger partial charge < -0.3 is 9.64 Å². The van der Waals surface area contributed by atoms with Crippen LogP contribution in [0.25, 0.3) is 0 Å². The Labute approximate surface area is 153 Å². The van der Waals surface area contributed by atoms with Crippen molar-refractivity contribution in [2.75, 3.05) is 6.54 Å². The van der Waals surface area contributed by atoms with Gasteiger partial charge in [-0.15, -0.1) is 0 Å². The highest BCUT2D eigenvalue weighted by atomic mass is 16.6. The minimum atomic E-state index is -0.603. The van der Waals surface area contributed by atoms with Crippen LogP contribution in [0.5, 0.6) is 0 Å². The number of benzene rings is 2. The topological polar surface area (TPSA) is 49.9 Å². The molecule has 2 aliphatic rings. The molecule has 0 spiro atoms. The number of nitrogens with zero attached hydrogens (tertiary/aromatic N) is 2. The molecule has 2 atom stereocenters. The van der Waals surface area contributed by atoms with E-state index in [9.17, 15) is 9.59 Å². The van der Waals surface area contributed by atoms with Gasteiger partial charge in [-0.3, -0.25) is 9.69 Å². The van der Waals surface area contributed by atoms with Crippen LogP contribution in [0.2, 0.25) is 0 Å². The molecule has 0 N–H and O–H groups in total. The van der Waals surface area contributed by atoms with E-state index < -0.39 is 17.9 Å². The third-order valence-corrected chi connectivity index (χ3v) is 4.78. The Morgan fingerprint density at radius 1 is 1.04 bits per heavy atom. The molecule has 134 valence electrons. The minimum absolute atomic E-state index is 0.0300. The Morgan fingerprint density at radius 2 is 1.69 bits per heavy atom. The summed E-state index contributed by atoms with van der Waals surface area (Å²) >= 11 is 0. The SMILES string of the molecule is CC(C)(C)OC(=O)N1C2c3ccccc3C(=O)N2C[C@H]1c1ccccc1. The van der Waals surface area contributed by atoms with Crippen molar-refractivity contribution in [3.8, 4) is 0 Å². The molecule has 26 heavy (non-hydrogen) atoms. The third kappa shape index (κ3) is 2.64. The van der Waals surface area contributed by atoms with Gasteiger partial charge in [0.1, 0.15) is 11.8 Å². The van der Waals surface area contributed by atoms with Crippen LogP contribution in [-0.2, 0) is 4.74 Å². The van der Waals surface area contributed by atoms with E-state index in [1.165, 1.54) is 0 Å². The molecule has 5 heteroatoms.